The van der Waals surface area contributed by atoms with Gasteiger partial charge in [0.25, 0.3) is 0 Å². The van der Waals surface area contributed by atoms with E-state index < -0.39 is 5.97 Å². The van der Waals surface area contributed by atoms with Gasteiger partial charge in [0.05, 0.1) is 6.42 Å². The number of hydrogen-bond donors (Lipinski definition) is 2. The monoisotopic (exact) mass is 256 g/mol. The molecule has 1 aromatic rings. The van der Waals surface area contributed by atoms with Gasteiger partial charge in [-0.15, -0.1) is 10.2 Å². The Labute approximate surface area is 101 Å². The molecule has 1 saturated heterocycles. The van der Waals surface area contributed by atoms with E-state index in [9.17, 15) is 9.59 Å². The maximum Gasteiger partial charge on any atom is 0.323 e. The van der Waals surface area contributed by atoms with Gasteiger partial charge in [-0.25, -0.2) is 4.79 Å². The number of anilines is 1. The smallest absolute Gasteiger partial charge is 0.323 e. The molecule has 1 aliphatic rings. The molecule has 0 spiro atoms. The van der Waals surface area contributed by atoms with E-state index in [2.05, 4.69) is 15.5 Å². The molecule has 2 N–H and O–H groups in total. The van der Waals surface area contributed by atoms with Crippen molar-refractivity contribution in [1.29, 1.82) is 0 Å². The molecule has 0 aliphatic carbocycles. The first-order valence-electron chi connectivity index (χ1n) is 5.12. The van der Waals surface area contributed by atoms with Gasteiger partial charge in [-0.3, -0.25) is 10.1 Å². The summed E-state index contributed by atoms with van der Waals surface area (Å²) in [5, 5.41) is 20.0. The lowest BCUT2D eigenvalue weighted by molar-refractivity contribution is -0.139. The predicted molar refractivity (Wildman–Crippen MR) is 61.0 cm³/mol. The minimum Gasteiger partial charge on any atom is -0.481 e. The first-order chi connectivity index (χ1) is 8.04. The number of aliphatic carboxylic acids is 1. The summed E-state index contributed by atoms with van der Waals surface area (Å²) in [6, 6.07) is -0.247. The van der Waals surface area contributed by atoms with Crippen LogP contribution in [0.15, 0.2) is 0 Å². The van der Waals surface area contributed by atoms with Gasteiger partial charge < -0.3 is 10.0 Å². The van der Waals surface area contributed by atoms with Crippen molar-refractivity contribution < 1.29 is 14.7 Å². The van der Waals surface area contributed by atoms with Crippen molar-refractivity contribution >= 4 is 28.5 Å². The first kappa shape index (κ1) is 11.8. The Balaban J connectivity index is 1.78. The third-order valence-corrected chi connectivity index (χ3v) is 3.20. The normalized spacial score (nSPS) is 15.5. The SMILES string of the molecule is Cc1nnc(NC(=O)N2CC(CC(=O)O)C2)s1. The van der Waals surface area contributed by atoms with Crippen molar-refractivity contribution in [3.8, 4) is 0 Å². The quantitative estimate of drug-likeness (QED) is 0.833. The molecule has 1 aromatic heterocycles. The number of carboxylic acid groups (broad SMARTS) is 1. The first-order valence-corrected chi connectivity index (χ1v) is 5.94. The minimum absolute atomic E-state index is 0.0643. The largest absolute Gasteiger partial charge is 0.481 e. The second kappa shape index (κ2) is 4.66. The number of amides is 2. The fourth-order valence-electron chi connectivity index (χ4n) is 1.63. The van der Waals surface area contributed by atoms with E-state index in [4.69, 9.17) is 5.11 Å². The third kappa shape index (κ3) is 2.90. The Morgan fingerprint density at radius 3 is 2.76 bits per heavy atom. The van der Waals surface area contributed by atoms with Crippen LogP contribution in [0.25, 0.3) is 0 Å². The van der Waals surface area contributed by atoms with Gasteiger partial charge in [0.15, 0.2) is 0 Å². The Hall–Kier alpha value is -1.70. The third-order valence-electron chi connectivity index (χ3n) is 2.45. The van der Waals surface area contributed by atoms with Gasteiger partial charge >= 0.3 is 12.0 Å². The standard InChI is InChI=1S/C9H12N4O3S/c1-5-11-12-8(17-5)10-9(16)13-3-6(4-13)2-7(14)15/h6H,2-4H2,1H3,(H,14,15)(H,10,12,16). The van der Waals surface area contributed by atoms with Gasteiger partial charge in [0.2, 0.25) is 5.13 Å². The lowest BCUT2D eigenvalue weighted by Gasteiger charge is -2.38. The number of carbonyl (C=O) groups is 2. The van der Waals surface area contributed by atoms with Gasteiger partial charge in [0, 0.05) is 19.0 Å². The molecule has 0 unspecified atom stereocenters. The number of aromatic nitrogens is 2. The molecule has 17 heavy (non-hydrogen) atoms. The number of urea groups is 1. The molecule has 1 aliphatic heterocycles. The van der Waals surface area contributed by atoms with Crippen molar-refractivity contribution in [1.82, 2.24) is 15.1 Å². The Kier molecular flexibility index (Phi) is 3.23. The summed E-state index contributed by atoms with van der Waals surface area (Å²) in [7, 11) is 0. The van der Waals surface area contributed by atoms with Gasteiger partial charge in [-0.2, -0.15) is 0 Å². The molecule has 2 rings (SSSR count). The van der Waals surface area contributed by atoms with Crippen molar-refractivity contribution in [2.75, 3.05) is 18.4 Å². The fourth-order valence-corrected chi connectivity index (χ4v) is 2.21. The zero-order chi connectivity index (χ0) is 12.4. The zero-order valence-electron chi connectivity index (χ0n) is 9.21. The van der Waals surface area contributed by atoms with Crippen LogP contribution in [0, 0.1) is 12.8 Å². The number of rotatable bonds is 3. The number of hydrogen-bond acceptors (Lipinski definition) is 5. The maximum atomic E-state index is 11.6. The molecule has 0 saturated carbocycles. The van der Waals surface area contributed by atoms with E-state index in [1.54, 1.807) is 11.8 Å². The fraction of sp³-hybridized carbons (Fsp3) is 0.556. The highest BCUT2D eigenvalue weighted by Crippen LogP contribution is 2.21. The number of aryl methyl sites for hydroxylation is 1. The van der Waals surface area contributed by atoms with Crippen LogP contribution in [0.3, 0.4) is 0 Å². The van der Waals surface area contributed by atoms with Crippen LogP contribution in [-0.4, -0.2) is 45.3 Å². The molecule has 2 heterocycles. The highest BCUT2D eigenvalue weighted by atomic mass is 32.1. The number of carbonyl (C=O) groups excluding carboxylic acids is 1. The topological polar surface area (TPSA) is 95.4 Å². The zero-order valence-corrected chi connectivity index (χ0v) is 10.0. The lowest BCUT2D eigenvalue weighted by Crippen LogP contribution is -2.52. The van der Waals surface area contributed by atoms with E-state index in [0.29, 0.717) is 18.2 Å². The van der Waals surface area contributed by atoms with Gasteiger partial charge in [-0.1, -0.05) is 11.3 Å². The lowest BCUT2D eigenvalue weighted by atomic mass is 9.97. The molecule has 0 atom stereocenters. The van der Waals surface area contributed by atoms with Crippen LogP contribution in [0.5, 0.6) is 0 Å². The molecular weight excluding hydrogens is 244 g/mol. The number of nitrogens with one attached hydrogen (secondary N) is 1. The highest BCUT2D eigenvalue weighted by molar-refractivity contribution is 7.15. The van der Waals surface area contributed by atoms with Crippen LogP contribution >= 0.6 is 11.3 Å². The summed E-state index contributed by atoms with van der Waals surface area (Å²) < 4.78 is 0. The van der Waals surface area contributed by atoms with E-state index in [0.717, 1.165) is 5.01 Å². The molecule has 8 heteroatoms. The van der Waals surface area contributed by atoms with E-state index >= 15 is 0 Å². The minimum atomic E-state index is -0.824. The van der Waals surface area contributed by atoms with E-state index in [1.807, 2.05) is 0 Å². The molecular formula is C9H12N4O3S. The van der Waals surface area contributed by atoms with Crippen LogP contribution in [0.4, 0.5) is 9.93 Å². The van der Waals surface area contributed by atoms with E-state index in [-0.39, 0.29) is 18.4 Å². The summed E-state index contributed by atoms with van der Waals surface area (Å²) in [6.45, 7) is 2.77. The molecule has 0 aromatic carbocycles. The van der Waals surface area contributed by atoms with Crippen molar-refractivity contribution in [2.24, 2.45) is 5.92 Å². The number of nitrogens with zero attached hydrogens (tertiary/aromatic N) is 3. The second-order valence-electron chi connectivity index (χ2n) is 3.93. The van der Waals surface area contributed by atoms with Crippen molar-refractivity contribution in [3.05, 3.63) is 5.01 Å². The summed E-state index contributed by atoms with van der Waals surface area (Å²) in [5.74, 6) is -0.760. The second-order valence-corrected chi connectivity index (χ2v) is 5.11. The molecule has 0 bridgehead atoms. The number of carboxylic acids is 1. The van der Waals surface area contributed by atoms with Gasteiger partial charge in [0.1, 0.15) is 5.01 Å². The predicted octanol–water partition coefficient (Wildman–Crippen LogP) is 0.785. The summed E-state index contributed by atoms with van der Waals surface area (Å²) in [4.78, 5) is 23.6. The summed E-state index contributed by atoms with van der Waals surface area (Å²) in [6.07, 6.45) is 0.113. The molecule has 7 nitrogen and oxygen atoms in total. The summed E-state index contributed by atoms with van der Waals surface area (Å²) >= 11 is 1.30. The molecule has 2 amide bonds. The summed E-state index contributed by atoms with van der Waals surface area (Å²) in [5.41, 5.74) is 0. The maximum absolute atomic E-state index is 11.6. The van der Waals surface area contributed by atoms with Crippen LogP contribution in [0.2, 0.25) is 0 Å². The average Bonchev–Trinajstić information content (AvgIpc) is 2.56. The van der Waals surface area contributed by atoms with Crippen LogP contribution in [0.1, 0.15) is 11.4 Å². The Bertz CT molecular complexity index is 441. The Morgan fingerprint density at radius 1 is 1.53 bits per heavy atom. The number of likely N-dealkylation sites (tertiary alicyclic amines) is 1. The molecule has 0 radical (unpaired) electrons. The van der Waals surface area contributed by atoms with Crippen molar-refractivity contribution in [3.63, 3.8) is 0 Å². The Morgan fingerprint density at radius 2 is 2.24 bits per heavy atom. The van der Waals surface area contributed by atoms with E-state index in [1.165, 1.54) is 11.3 Å². The molecule has 92 valence electrons. The van der Waals surface area contributed by atoms with Gasteiger partial charge in [-0.05, 0) is 6.92 Å². The van der Waals surface area contributed by atoms with Crippen LogP contribution < -0.4 is 5.32 Å². The average molecular weight is 256 g/mol. The van der Waals surface area contributed by atoms with Crippen LogP contribution in [-0.2, 0) is 4.79 Å². The van der Waals surface area contributed by atoms with Crippen molar-refractivity contribution in [2.45, 2.75) is 13.3 Å². The highest BCUT2D eigenvalue weighted by Gasteiger charge is 2.32. The molecule has 1 fully saturated rings.